The Kier molecular flexibility index (Phi) is 5.69. The SMILES string of the molecule is COc1ccccc1CC(=O)N1CCCC[C@H](c2ccc(F)cc2)C1. The van der Waals surface area contributed by atoms with E-state index in [4.69, 9.17) is 4.74 Å². The molecule has 0 saturated carbocycles. The number of nitrogens with zero attached hydrogens (tertiary/aromatic N) is 1. The van der Waals surface area contributed by atoms with Gasteiger partial charge in [-0.05, 0) is 36.6 Å². The van der Waals surface area contributed by atoms with E-state index in [0.29, 0.717) is 13.0 Å². The first-order valence-corrected chi connectivity index (χ1v) is 8.82. The number of ether oxygens (including phenoxy) is 1. The summed E-state index contributed by atoms with van der Waals surface area (Å²) in [6.45, 7) is 1.48. The van der Waals surface area contributed by atoms with Crippen molar-refractivity contribution < 1.29 is 13.9 Å². The summed E-state index contributed by atoms with van der Waals surface area (Å²) in [5, 5.41) is 0. The van der Waals surface area contributed by atoms with Gasteiger partial charge in [0.15, 0.2) is 0 Å². The normalized spacial score (nSPS) is 17.8. The number of carbonyl (C=O) groups excluding carboxylic acids is 1. The molecule has 1 saturated heterocycles. The van der Waals surface area contributed by atoms with Gasteiger partial charge in [-0.15, -0.1) is 0 Å². The van der Waals surface area contributed by atoms with Gasteiger partial charge in [0, 0.05) is 24.6 Å². The summed E-state index contributed by atoms with van der Waals surface area (Å²) >= 11 is 0. The summed E-state index contributed by atoms with van der Waals surface area (Å²) in [7, 11) is 1.62. The Morgan fingerprint density at radius 1 is 1.16 bits per heavy atom. The van der Waals surface area contributed by atoms with Crippen LogP contribution in [0.4, 0.5) is 4.39 Å². The van der Waals surface area contributed by atoms with Crippen LogP contribution in [-0.4, -0.2) is 31.0 Å². The quantitative estimate of drug-likeness (QED) is 0.835. The summed E-state index contributed by atoms with van der Waals surface area (Å²) in [5.74, 6) is 0.922. The van der Waals surface area contributed by atoms with Gasteiger partial charge >= 0.3 is 0 Å². The van der Waals surface area contributed by atoms with Crippen LogP contribution >= 0.6 is 0 Å². The highest BCUT2D eigenvalue weighted by atomic mass is 19.1. The van der Waals surface area contributed by atoms with Crippen LogP contribution < -0.4 is 4.74 Å². The Labute approximate surface area is 148 Å². The number of rotatable bonds is 4. The van der Waals surface area contributed by atoms with Crippen LogP contribution in [0.2, 0.25) is 0 Å². The number of carbonyl (C=O) groups is 1. The molecule has 3 rings (SSSR count). The maximum atomic E-state index is 13.2. The standard InChI is InChI=1S/C21H24FNO2/c1-25-20-8-3-2-6-17(20)14-21(24)23-13-5-4-7-18(15-23)16-9-11-19(22)12-10-16/h2-3,6,8-12,18H,4-5,7,13-15H2,1H3/t18-/m0/s1. The molecule has 1 aliphatic rings. The lowest BCUT2D eigenvalue weighted by molar-refractivity contribution is -0.130. The fourth-order valence-corrected chi connectivity index (χ4v) is 3.50. The van der Waals surface area contributed by atoms with Crippen molar-refractivity contribution in [1.82, 2.24) is 4.90 Å². The monoisotopic (exact) mass is 341 g/mol. The molecule has 132 valence electrons. The average molecular weight is 341 g/mol. The molecule has 0 N–H and O–H groups in total. The Morgan fingerprint density at radius 2 is 1.92 bits per heavy atom. The van der Waals surface area contributed by atoms with Crippen molar-refractivity contribution in [1.29, 1.82) is 0 Å². The van der Waals surface area contributed by atoms with Gasteiger partial charge in [0.05, 0.1) is 13.5 Å². The molecule has 4 heteroatoms. The Hall–Kier alpha value is -2.36. The number of hydrogen-bond acceptors (Lipinski definition) is 2. The van der Waals surface area contributed by atoms with Crippen molar-refractivity contribution in [3.63, 3.8) is 0 Å². The Balaban J connectivity index is 1.72. The molecule has 1 fully saturated rings. The maximum absolute atomic E-state index is 13.2. The van der Waals surface area contributed by atoms with Crippen molar-refractivity contribution in [3.8, 4) is 5.75 Å². The molecule has 0 spiro atoms. The minimum absolute atomic E-state index is 0.124. The highest BCUT2D eigenvalue weighted by molar-refractivity contribution is 5.79. The first-order valence-electron chi connectivity index (χ1n) is 8.82. The van der Waals surface area contributed by atoms with E-state index < -0.39 is 0 Å². The zero-order valence-corrected chi connectivity index (χ0v) is 14.6. The molecule has 0 bridgehead atoms. The number of halogens is 1. The molecular weight excluding hydrogens is 317 g/mol. The molecule has 2 aromatic rings. The topological polar surface area (TPSA) is 29.5 Å². The second kappa shape index (κ2) is 8.15. The molecule has 25 heavy (non-hydrogen) atoms. The van der Waals surface area contributed by atoms with Crippen LogP contribution in [0.1, 0.15) is 36.3 Å². The van der Waals surface area contributed by atoms with Crippen molar-refractivity contribution in [2.24, 2.45) is 0 Å². The van der Waals surface area contributed by atoms with Gasteiger partial charge in [0.25, 0.3) is 0 Å². The molecule has 0 aromatic heterocycles. The van der Waals surface area contributed by atoms with Crippen molar-refractivity contribution in [3.05, 3.63) is 65.5 Å². The lowest BCUT2D eigenvalue weighted by Crippen LogP contribution is -2.35. The van der Waals surface area contributed by atoms with E-state index in [2.05, 4.69) is 0 Å². The van der Waals surface area contributed by atoms with Gasteiger partial charge in [-0.3, -0.25) is 4.79 Å². The van der Waals surface area contributed by atoms with E-state index in [9.17, 15) is 9.18 Å². The van der Waals surface area contributed by atoms with Crippen LogP contribution in [0, 0.1) is 5.82 Å². The van der Waals surface area contributed by atoms with E-state index in [-0.39, 0.29) is 17.6 Å². The van der Waals surface area contributed by atoms with Crippen molar-refractivity contribution >= 4 is 5.91 Å². The zero-order chi connectivity index (χ0) is 17.6. The second-order valence-electron chi connectivity index (χ2n) is 6.57. The van der Waals surface area contributed by atoms with Gasteiger partial charge < -0.3 is 9.64 Å². The third-order valence-corrected chi connectivity index (χ3v) is 4.90. The predicted octanol–water partition coefficient (Wildman–Crippen LogP) is 4.17. The van der Waals surface area contributed by atoms with E-state index in [1.807, 2.05) is 41.3 Å². The van der Waals surface area contributed by atoms with Crippen molar-refractivity contribution in [2.45, 2.75) is 31.6 Å². The summed E-state index contributed by atoms with van der Waals surface area (Å²) in [6, 6.07) is 14.3. The molecule has 0 aliphatic carbocycles. The number of methoxy groups -OCH3 is 1. The lowest BCUT2D eigenvalue weighted by Gasteiger charge is -2.25. The minimum atomic E-state index is -0.221. The average Bonchev–Trinajstić information content (AvgIpc) is 2.89. The van der Waals surface area contributed by atoms with Crippen LogP contribution in [0.25, 0.3) is 0 Å². The van der Waals surface area contributed by atoms with Crippen LogP contribution in [0.3, 0.4) is 0 Å². The fraction of sp³-hybridized carbons (Fsp3) is 0.381. The molecule has 0 radical (unpaired) electrons. The van der Waals surface area contributed by atoms with E-state index in [1.165, 1.54) is 12.1 Å². The highest BCUT2D eigenvalue weighted by Crippen LogP contribution is 2.27. The van der Waals surface area contributed by atoms with Gasteiger partial charge in [-0.25, -0.2) is 4.39 Å². The third-order valence-electron chi connectivity index (χ3n) is 4.90. The molecule has 1 atom stereocenters. The zero-order valence-electron chi connectivity index (χ0n) is 14.6. The molecule has 1 heterocycles. The van der Waals surface area contributed by atoms with Crippen LogP contribution in [0.15, 0.2) is 48.5 Å². The maximum Gasteiger partial charge on any atom is 0.227 e. The largest absolute Gasteiger partial charge is 0.496 e. The molecule has 0 unspecified atom stereocenters. The number of para-hydroxylation sites is 1. The third kappa shape index (κ3) is 4.38. The van der Waals surface area contributed by atoms with Gasteiger partial charge in [-0.2, -0.15) is 0 Å². The molecule has 3 nitrogen and oxygen atoms in total. The van der Waals surface area contributed by atoms with E-state index >= 15 is 0 Å². The summed E-state index contributed by atoms with van der Waals surface area (Å²) in [6.07, 6.45) is 3.47. The van der Waals surface area contributed by atoms with Crippen LogP contribution in [0.5, 0.6) is 5.75 Å². The summed E-state index contributed by atoms with van der Waals surface area (Å²) < 4.78 is 18.5. The number of amides is 1. The highest BCUT2D eigenvalue weighted by Gasteiger charge is 2.23. The first-order chi connectivity index (χ1) is 12.2. The molecule has 1 amide bonds. The predicted molar refractivity (Wildman–Crippen MR) is 96.3 cm³/mol. The number of benzene rings is 2. The van der Waals surface area contributed by atoms with Gasteiger partial charge in [0.1, 0.15) is 11.6 Å². The first kappa shape index (κ1) is 17.5. The summed E-state index contributed by atoms with van der Waals surface area (Å²) in [5.41, 5.74) is 2.02. The second-order valence-corrected chi connectivity index (χ2v) is 6.57. The fourth-order valence-electron chi connectivity index (χ4n) is 3.50. The van der Waals surface area contributed by atoms with Gasteiger partial charge in [-0.1, -0.05) is 36.8 Å². The van der Waals surface area contributed by atoms with E-state index in [0.717, 1.165) is 42.7 Å². The number of hydrogen-bond donors (Lipinski definition) is 0. The van der Waals surface area contributed by atoms with E-state index in [1.54, 1.807) is 7.11 Å². The minimum Gasteiger partial charge on any atom is -0.496 e. The molecular formula is C21H24FNO2. The molecule has 1 aliphatic heterocycles. The van der Waals surface area contributed by atoms with Crippen molar-refractivity contribution in [2.75, 3.05) is 20.2 Å². The molecule has 2 aromatic carbocycles. The van der Waals surface area contributed by atoms with Crippen LogP contribution in [-0.2, 0) is 11.2 Å². The lowest BCUT2D eigenvalue weighted by atomic mass is 9.94. The smallest absolute Gasteiger partial charge is 0.227 e. The Bertz CT molecular complexity index is 714. The number of likely N-dealkylation sites (tertiary alicyclic amines) is 1. The summed E-state index contributed by atoms with van der Waals surface area (Å²) in [4.78, 5) is 14.8. The Morgan fingerprint density at radius 3 is 2.68 bits per heavy atom. The van der Waals surface area contributed by atoms with Gasteiger partial charge in [0.2, 0.25) is 5.91 Å².